The van der Waals surface area contributed by atoms with Crippen LogP contribution >= 0.6 is 22.6 Å². The van der Waals surface area contributed by atoms with E-state index in [0.29, 0.717) is 17.2 Å². The maximum absolute atomic E-state index is 13.1. The maximum Gasteiger partial charge on any atom is 0.161 e. The van der Waals surface area contributed by atoms with Crippen LogP contribution in [-0.4, -0.2) is 17.0 Å². The highest BCUT2D eigenvalue weighted by Gasteiger charge is 2.08. The lowest BCUT2D eigenvalue weighted by Crippen LogP contribution is -1.99. The van der Waals surface area contributed by atoms with E-state index in [2.05, 4.69) is 37.9 Å². The third-order valence-corrected chi connectivity index (χ3v) is 2.95. The average molecular weight is 347 g/mol. The lowest BCUT2D eigenvalue weighted by molar-refractivity contribution is 0.509. The Kier molecular flexibility index (Phi) is 3.51. The van der Waals surface area contributed by atoms with Crippen molar-refractivity contribution in [2.45, 2.75) is 0 Å². The predicted molar refractivity (Wildman–Crippen MR) is 69.6 cm³/mol. The van der Waals surface area contributed by atoms with Crippen molar-refractivity contribution in [2.24, 2.45) is 0 Å². The molecular weight excluding hydrogens is 339 g/mol. The van der Waals surface area contributed by atoms with Crippen molar-refractivity contribution in [3.8, 4) is 11.4 Å². The Balaban J connectivity index is 2.49. The molecule has 6 heteroatoms. The highest BCUT2D eigenvalue weighted by atomic mass is 127. The van der Waals surface area contributed by atoms with Gasteiger partial charge in [0, 0.05) is 18.8 Å². The Labute approximate surface area is 110 Å². The van der Waals surface area contributed by atoms with Crippen molar-refractivity contribution in [3.63, 3.8) is 0 Å². The van der Waals surface area contributed by atoms with Gasteiger partial charge in [0.1, 0.15) is 5.82 Å². The molecular formula is C11H8F2IN3. The highest BCUT2D eigenvalue weighted by Crippen LogP contribution is 2.21. The van der Waals surface area contributed by atoms with Gasteiger partial charge in [-0.05, 0) is 40.8 Å². The molecule has 3 nitrogen and oxygen atoms in total. The van der Waals surface area contributed by atoms with E-state index >= 15 is 0 Å². The molecule has 0 aliphatic heterocycles. The first-order valence-electron chi connectivity index (χ1n) is 4.77. The molecule has 0 saturated heterocycles. The molecule has 0 radical (unpaired) electrons. The number of hydrogen-bond acceptors (Lipinski definition) is 3. The summed E-state index contributed by atoms with van der Waals surface area (Å²) < 4.78 is 26.7. The van der Waals surface area contributed by atoms with Crippen LogP contribution in [0.3, 0.4) is 0 Å². The summed E-state index contributed by atoms with van der Waals surface area (Å²) in [5.41, 5.74) is 0.441. The number of nitrogens with zero attached hydrogens (tertiary/aromatic N) is 2. The van der Waals surface area contributed by atoms with E-state index in [1.165, 1.54) is 6.07 Å². The molecule has 2 rings (SSSR count). The average Bonchev–Trinajstić information content (AvgIpc) is 2.33. The summed E-state index contributed by atoms with van der Waals surface area (Å²) in [4.78, 5) is 8.29. The van der Waals surface area contributed by atoms with E-state index in [-0.39, 0.29) is 0 Å². The number of nitrogens with one attached hydrogen (secondary N) is 1. The second kappa shape index (κ2) is 4.91. The van der Waals surface area contributed by atoms with Crippen LogP contribution in [0.15, 0.2) is 24.4 Å². The number of rotatable bonds is 2. The molecule has 0 fully saturated rings. The minimum Gasteiger partial charge on any atom is -0.372 e. The van der Waals surface area contributed by atoms with E-state index in [1.54, 1.807) is 13.2 Å². The van der Waals surface area contributed by atoms with Crippen LogP contribution in [-0.2, 0) is 0 Å². The molecule has 1 heterocycles. The second-order valence-electron chi connectivity index (χ2n) is 3.27. The maximum atomic E-state index is 13.1. The van der Waals surface area contributed by atoms with Crippen LogP contribution in [0.2, 0.25) is 0 Å². The van der Waals surface area contributed by atoms with Crippen LogP contribution < -0.4 is 5.32 Å². The number of benzene rings is 1. The third kappa shape index (κ3) is 2.51. The van der Waals surface area contributed by atoms with Gasteiger partial charge in [-0.3, -0.25) is 0 Å². The van der Waals surface area contributed by atoms with Crippen LogP contribution in [0.1, 0.15) is 0 Å². The molecule has 0 spiro atoms. The lowest BCUT2D eigenvalue weighted by atomic mass is 10.2. The van der Waals surface area contributed by atoms with Gasteiger partial charge in [-0.15, -0.1) is 0 Å². The molecule has 0 saturated carbocycles. The number of halogens is 3. The smallest absolute Gasteiger partial charge is 0.161 e. The molecule has 17 heavy (non-hydrogen) atoms. The van der Waals surface area contributed by atoms with E-state index in [0.717, 1.165) is 15.7 Å². The zero-order valence-electron chi connectivity index (χ0n) is 8.84. The SMILES string of the molecule is CNc1nc(-c2ccc(F)c(F)c2)ncc1I. The molecule has 0 aliphatic carbocycles. The Hall–Kier alpha value is -1.31. The summed E-state index contributed by atoms with van der Waals surface area (Å²) in [6, 6.07) is 3.59. The molecule has 2 aromatic rings. The van der Waals surface area contributed by atoms with Crippen molar-refractivity contribution < 1.29 is 8.78 Å². The Morgan fingerprint density at radius 2 is 2.00 bits per heavy atom. The first-order valence-corrected chi connectivity index (χ1v) is 5.85. The fraction of sp³-hybridized carbons (Fsp3) is 0.0909. The quantitative estimate of drug-likeness (QED) is 0.849. The summed E-state index contributed by atoms with van der Waals surface area (Å²) in [5.74, 6) is -0.780. The van der Waals surface area contributed by atoms with Gasteiger partial charge in [-0.1, -0.05) is 0 Å². The first kappa shape index (κ1) is 12.2. The molecule has 1 aromatic heterocycles. The fourth-order valence-corrected chi connectivity index (χ4v) is 1.85. The van der Waals surface area contributed by atoms with Crippen LogP contribution in [0.4, 0.5) is 14.6 Å². The minimum atomic E-state index is -0.907. The van der Waals surface area contributed by atoms with Crippen molar-refractivity contribution in [1.82, 2.24) is 9.97 Å². The van der Waals surface area contributed by atoms with E-state index in [9.17, 15) is 8.78 Å². The zero-order valence-corrected chi connectivity index (χ0v) is 11.0. The van der Waals surface area contributed by atoms with Gasteiger partial charge in [0.15, 0.2) is 17.5 Å². The standard InChI is InChI=1S/C11H8F2IN3/c1-15-11-9(14)5-16-10(17-11)6-2-3-7(12)8(13)4-6/h2-5H,1H3,(H,15,16,17). The largest absolute Gasteiger partial charge is 0.372 e. The zero-order chi connectivity index (χ0) is 12.4. The van der Waals surface area contributed by atoms with Gasteiger partial charge in [-0.25, -0.2) is 18.7 Å². The molecule has 0 aliphatic rings. The van der Waals surface area contributed by atoms with Crippen molar-refractivity contribution in [2.75, 3.05) is 12.4 Å². The Bertz CT molecular complexity index is 560. The van der Waals surface area contributed by atoms with Gasteiger partial charge < -0.3 is 5.32 Å². The van der Waals surface area contributed by atoms with Crippen LogP contribution in [0.25, 0.3) is 11.4 Å². The van der Waals surface area contributed by atoms with E-state index in [1.807, 2.05) is 0 Å². The van der Waals surface area contributed by atoms with Gasteiger partial charge in [-0.2, -0.15) is 0 Å². The summed E-state index contributed by atoms with van der Waals surface area (Å²) in [6.45, 7) is 0. The topological polar surface area (TPSA) is 37.8 Å². The Morgan fingerprint density at radius 3 is 2.65 bits per heavy atom. The molecule has 0 unspecified atom stereocenters. The van der Waals surface area contributed by atoms with Crippen molar-refractivity contribution in [3.05, 3.63) is 39.6 Å². The van der Waals surface area contributed by atoms with Crippen molar-refractivity contribution in [1.29, 1.82) is 0 Å². The summed E-state index contributed by atoms with van der Waals surface area (Å²) in [7, 11) is 1.74. The van der Waals surface area contributed by atoms with Gasteiger partial charge in [0.05, 0.1) is 3.57 Å². The molecule has 88 valence electrons. The number of aromatic nitrogens is 2. The normalized spacial score (nSPS) is 10.4. The van der Waals surface area contributed by atoms with Gasteiger partial charge >= 0.3 is 0 Å². The fourth-order valence-electron chi connectivity index (χ4n) is 1.32. The second-order valence-corrected chi connectivity index (χ2v) is 4.43. The molecule has 0 bridgehead atoms. The third-order valence-electron chi connectivity index (χ3n) is 2.16. The lowest BCUT2D eigenvalue weighted by Gasteiger charge is -2.05. The predicted octanol–water partition coefficient (Wildman–Crippen LogP) is 3.07. The first-order chi connectivity index (χ1) is 8.11. The molecule has 0 amide bonds. The molecule has 1 N–H and O–H groups in total. The summed E-state index contributed by atoms with van der Waals surface area (Å²) >= 11 is 2.09. The monoisotopic (exact) mass is 347 g/mol. The number of hydrogen-bond donors (Lipinski definition) is 1. The van der Waals surface area contributed by atoms with Crippen LogP contribution in [0.5, 0.6) is 0 Å². The van der Waals surface area contributed by atoms with Crippen LogP contribution in [0, 0.1) is 15.2 Å². The minimum absolute atomic E-state index is 0.355. The number of anilines is 1. The molecule has 1 aromatic carbocycles. The summed E-state index contributed by atoms with van der Waals surface area (Å²) in [5, 5.41) is 2.90. The molecule has 0 atom stereocenters. The highest BCUT2D eigenvalue weighted by molar-refractivity contribution is 14.1. The van der Waals surface area contributed by atoms with E-state index in [4.69, 9.17) is 0 Å². The Morgan fingerprint density at radius 1 is 1.24 bits per heavy atom. The summed E-state index contributed by atoms with van der Waals surface area (Å²) in [6.07, 6.45) is 1.62. The van der Waals surface area contributed by atoms with Gasteiger partial charge in [0.2, 0.25) is 0 Å². The van der Waals surface area contributed by atoms with E-state index < -0.39 is 11.6 Å². The van der Waals surface area contributed by atoms with Gasteiger partial charge in [0.25, 0.3) is 0 Å². The van der Waals surface area contributed by atoms with Crippen molar-refractivity contribution >= 4 is 28.4 Å².